The molecule has 6 heteroatoms. The predicted molar refractivity (Wildman–Crippen MR) is 74.5 cm³/mol. The van der Waals surface area contributed by atoms with E-state index in [0.29, 0.717) is 10.7 Å². The fourth-order valence-electron chi connectivity index (χ4n) is 2.49. The van der Waals surface area contributed by atoms with Gasteiger partial charge in [0.15, 0.2) is 0 Å². The number of rotatable bonds is 3. The Labute approximate surface area is 122 Å². The topological polar surface area (TPSA) is 68.3 Å². The second-order valence-corrected chi connectivity index (χ2v) is 5.29. The van der Waals surface area contributed by atoms with Crippen LogP contribution in [0.3, 0.4) is 0 Å². The average Bonchev–Trinajstić information content (AvgIpc) is 2.47. The first-order valence-electron chi connectivity index (χ1n) is 6.62. The predicted octanol–water partition coefficient (Wildman–Crippen LogP) is 2.20. The molecule has 0 bridgehead atoms. The molecule has 0 aromatic carbocycles. The summed E-state index contributed by atoms with van der Waals surface area (Å²) in [5, 5.41) is 3.35. The quantitative estimate of drug-likeness (QED) is 0.868. The van der Waals surface area contributed by atoms with Crippen molar-refractivity contribution in [1.29, 1.82) is 0 Å². The SMILES string of the molecule is COC(=O)[C@@H]1CCCC[C@@H]1NC(=O)c1ccc(Cl)cn1. The van der Waals surface area contributed by atoms with Crippen LogP contribution in [0.4, 0.5) is 0 Å². The summed E-state index contributed by atoms with van der Waals surface area (Å²) in [5.74, 6) is -0.827. The normalized spacial score (nSPS) is 22.1. The van der Waals surface area contributed by atoms with E-state index in [1.165, 1.54) is 13.3 Å². The Kier molecular flexibility index (Phi) is 4.95. The number of carbonyl (C=O) groups is 2. The van der Waals surface area contributed by atoms with Crippen LogP contribution in [-0.4, -0.2) is 30.0 Å². The Morgan fingerprint density at radius 3 is 2.75 bits per heavy atom. The summed E-state index contributed by atoms with van der Waals surface area (Å²) in [7, 11) is 1.37. The minimum absolute atomic E-state index is 0.193. The summed E-state index contributed by atoms with van der Waals surface area (Å²) in [6, 6.07) is 2.98. The Morgan fingerprint density at radius 1 is 1.35 bits per heavy atom. The monoisotopic (exact) mass is 296 g/mol. The van der Waals surface area contributed by atoms with E-state index in [-0.39, 0.29) is 23.8 Å². The molecule has 2 rings (SSSR count). The van der Waals surface area contributed by atoms with E-state index < -0.39 is 0 Å². The molecule has 1 fully saturated rings. The molecule has 1 saturated carbocycles. The van der Waals surface area contributed by atoms with Crippen LogP contribution in [0.1, 0.15) is 36.2 Å². The molecule has 0 saturated heterocycles. The molecule has 5 nitrogen and oxygen atoms in total. The molecular formula is C14H17ClN2O3. The maximum absolute atomic E-state index is 12.1. The Bertz CT molecular complexity index is 490. The van der Waals surface area contributed by atoms with Gasteiger partial charge in [0, 0.05) is 12.2 Å². The molecule has 108 valence electrons. The summed E-state index contributed by atoms with van der Waals surface area (Å²) in [6.45, 7) is 0. The molecule has 1 heterocycles. The molecule has 1 aromatic rings. The molecule has 2 atom stereocenters. The van der Waals surface area contributed by atoms with Crippen molar-refractivity contribution >= 4 is 23.5 Å². The number of amides is 1. The summed E-state index contributed by atoms with van der Waals surface area (Å²) in [5.41, 5.74) is 0.295. The summed E-state index contributed by atoms with van der Waals surface area (Å²) in [6.07, 6.45) is 4.91. The van der Waals surface area contributed by atoms with Gasteiger partial charge in [0.2, 0.25) is 0 Å². The van der Waals surface area contributed by atoms with E-state index in [0.717, 1.165) is 25.7 Å². The molecule has 0 radical (unpaired) electrons. The second kappa shape index (κ2) is 6.70. The van der Waals surface area contributed by atoms with Crippen LogP contribution in [-0.2, 0) is 9.53 Å². The van der Waals surface area contributed by atoms with Crippen molar-refractivity contribution in [2.75, 3.05) is 7.11 Å². The van der Waals surface area contributed by atoms with E-state index in [1.54, 1.807) is 12.1 Å². The molecule has 1 amide bonds. The lowest BCUT2D eigenvalue weighted by Crippen LogP contribution is -2.45. The third-order valence-electron chi connectivity index (χ3n) is 3.55. The van der Waals surface area contributed by atoms with Gasteiger partial charge in [-0.1, -0.05) is 24.4 Å². The fourth-order valence-corrected chi connectivity index (χ4v) is 2.60. The van der Waals surface area contributed by atoms with Crippen molar-refractivity contribution in [1.82, 2.24) is 10.3 Å². The number of hydrogen-bond donors (Lipinski definition) is 1. The minimum Gasteiger partial charge on any atom is -0.469 e. The molecule has 1 aliphatic carbocycles. The number of methoxy groups -OCH3 is 1. The largest absolute Gasteiger partial charge is 0.469 e. The molecule has 20 heavy (non-hydrogen) atoms. The lowest BCUT2D eigenvalue weighted by atomic mass is 9.84. The van der Waals surface area contributed by atoms with Crippen LogP contribution in [0.5, 0.6) is 0 Å². The summed E-state index contributed by atoms with van der Waals surface area (Å²) >= 11 is 5.74. The van der Waals surface area contributed by atoms with Crippen LogP contribution < -0.4 is 5.32 Å². The standard InChI is InChI=1S/C14H17ClN2O3/c1-20-14(19)10-4-2-3-5-11(10)17-13(18)12-7-6-9(15)8-16-12/h6-8,10-11H,2-5H2,1H3,(H,17,18)/t10-,11+/m1/s1. The zero-order valence-electron chi connectivity index (χ0n) is 11.3. The Morgan fingerprint density at radius 2 is 2.10 bits per heavy atom. The van der Waals surface area contributed by atoms with Crippen molar-refractivity contribution in [3.63, 3.8) is 0 Å². The smallest absolute Gasteiger partial charge is 0.310 e. The first-order valence-corrected chi connectivity index (χ1v) is 7.00. The van der Waals surface area contributed by atoms with E-state index in [4.69, 9.17) is 16.3 Å². The minimum atomic E-state index is -0.289. The molecule has 1 aliphatic rings. The number of esters is 1. The highest BCUT2D eigenvalue weighted by Crippen LogP contribution is 2.25. The highest BCUT2D eigenvalue weighted by molar-refractivity contribution is 6.30. The van der Waals surface area contributed by atoms with Gasteiger partial charge in [-0.3, -0.25) is 9.59 Å². The third kappa shape index (κ3) is 3.48. The fraction of sp³-hybridized carbons (Fsp3) is 0.500. The number of pyridine rings is 1. The lowest BCUT2D eigenvalue weighted by molar-refractivity contribution is -0.147. The lowest BCUT2D eigenvalue weighted by Gasteiger charge is -2.30. The van der Waals surface area contributed by atoms with Crippen LogP contribution in [0, 0.1) is 5.92 Å². The van der Waals surface area contributed by atoms with Gasteiger partial charge in [0.25, 0.3) is 5.91 Å². The van der Waals surface area contributed by atoms with Crippen molar-refractivity contribution in [3.05, 3.63) is 29.0 Å². The van der Waals surface area contributed by atoms with Crippen molar-refractivity contribution < 1.29 is 14.3 Å². The van der Waals surface area contributed by atoms with Gasteiger partial charge in [-0.2, -0.15) is 0 Å². The van der Waals surface area contributed by atoms with Gasteiger partial charge in [0.1, 0.15) is 5.69 Å². The van der Waals surface area contributed by atoms with Crippen LogP contribution in [0.2, 0.25) is 5.02 Å². The van der Waals surface area contributed by atoms with E-state index >= 15 is 0 Å². The zero-order chi connectivity index (χ0) is 14.5. The molecule has 0 unspecified atom stereocenters. The molecule has 1 aromatic heterocycles. The molecule has 0 spiro atoms. The number of nitrogens with one attached hydrogen (secondary N) is 1. The van der Waals surface area contributed by atoms with Gasteiger partial charge < -0.3 is 10.1 Å². The zero-order valence-corrected chi connectivity index (χ0v) is 12.0. The van der Waals surface area contributed by atoms with Gasteiger partial charge in [0.05, 0.1) is 18.1 Å². The van der Waals surface area contributed by atoms with E-state index in [2.05, 4.69) is 10.3 Å². The highest BCUT2D eigenvalue weighted by atomic mass is 35.5. The summed E-state index contributed by atoms with van der Waals surface area (Å²) < 4.78 is 4.80. The molecular weight excluding hydrogens is 280 g/mol. The number of ether oxygens (including phenoxy) is 1. The maximum Gasteiger partial charge on any atom is 0.310 e. The van der Waals surface area contributed by atoms with Gasteiger partial charge in [-0.25, -0.2) is 4.98 Å². The number of carbonyl (C=O) groups excluding carboxylic acids is 2. The van der Waals surface area contributed by atoms with Gasteiger partial charge >= 0.3 is 5.97 Å². The van der Waals surface area contributed by atoms with Gasteiger partial charge in [-0.05, 0) is 25.0 Å². The van der Waals surface area contributed by atoms with Crippen LogP contribution >= 0.6 is 11.6 Å². The van der Waals surface area contributed by atoms with Crippen LogP contribution in [0.15, 0.2) is 18.3 Å². The summed E-state index contributed by atoms with van der Waals surface area (Å²) in [4.78, 5) is 27.8. The number of nitrogens with zero attached hydrogens (tertiary/aromatic N) is 1. The van der Waals surface area contributed by atoms with Crippen molar-refractivity contribution in [2.24, 2.45) is 5.92 Å². The Balaban J connectivity index is 2.04. The van der Waals surface area contributed by atoms with Crippen molar-refractivity contribution in [2.45, 2.75) is 31.7 Å². The maximum atomic E-state index is 12.1. The highest BCUT2D eigenvalue weighted by Gasteiger charge is 2.33. The first-order chi connectivity index (χ1) is 9.61. The first kappa shape index (κ1) is 14.8. The van der Waals surface area contributed by atoms with Crippen molar-refractivity contribution in [3.8, 4) is 0 Å². The second-order valence-electron chi connectivity index (χ2n) is 4.86. The number of aromatic nitrogens is 1. The van der Waals surface area contributed by atoms with E-state index in [9.17, 15) is 9.59 Å². The van der Waals surface area contributed by atoms with Gasteiger partial charge in [-0.15, -0.1) is 0 Å². The number of hydrogen-bond acceptors (Lipinski definition) is 4. The molecule has 1 N–H and O–H groups in total. The van der Waals surface area contributed by atoms with E-state index in [1.807, 2.05) is 0 Å². The average molecular weight is 297 g/mol. The van der Waals surface area contributed by atoms with Crippen LogP contribution in [0.25, 0.3) is 0 Å². The molecule has 0 aliphatic heterocycles. The Hall–Kier alpha value is -1.62. The third-order valence-corrected chi connectivity index (χ3v) is 3.77. The number of halogens is 1.